The molecule has 0 aromatic heterocycles. The molecule has 0 aliphatic carbocycles. The monoisotopic (exact) mass is 297 g/mol. The van der Waals surface area contributed by atoms with Gasteiger partial charge in [-0.2, -0.15) is 0 Å². The van der Waals surface area contributed by atoms with E-state index in [4.69, 9.17) is 17.0 Å². The predicted molar refractivity (Wildman–Crippen MR) is 57.8 cm³/mol. The van der Waals surface area contributed by atoms with Gasteiger partial charge in [-0.1, -0.05) is 0 Å². The maximum atomic E-state index is 6.31. The van der Waals surface area contributed by atoms with E-state index >= 15 is 0 Å². The second-order valence-electron chi connectivity index (χ2n) is 4.58. The van der Waals surface area contributed by atoms with Crippen molar-refractivity contribution >= 4 is 29.5 Å². The SMILES string of the molecule is CC1=BCC[N+]1([Zr]([Cl])[Cl])C(C)(C)C. The van der Waals surface area contributed by atoms with Gasteiger partial charge in [0.1, 0.15) is 0 Å². The van der Waals surface area contributed by atoms with Crippen LogP contribution in [0.5, 0.6) is 0 Å². The molecule has 0 aromatic rings. The van der Waals surface area contributed by atoms with Crippen LogP contribution < -0.4 is 0 Å². The van der Waals surface area contributed by atoms with Gasteiger partial charge in [0.15, 0.2) is 0 Å². The van der Waals surface area contributed by atoms with Gasteiger partial charge >= 0.3 is 97.7 Å². The van der Waals surface area contributed by atoms with Crippen LogP contribution in [0.3, 0.4) is 0 Å². The Hall–Kier alpha value is 1.36. The molecule has 0 radical (unpaired) electrons. The molecule has 0 N–H and O–H groups in total. The van der Waals surface area contributed by atoms with Gasteiger partial charge in [0, 0.05) is 0 Å². The van der Waals surface area contributed by atoms with E-state index in [2.05, 4.69) is 34.6 Å². The molecule has 0 amide bonds. The van der Waals surface area contributed by atoms with Crippen LogP contribution in [0.2, 0.25) is 6.32 Å². The van der Waals surface area contributed by atoms with Gasteiger partial charge in [0.05, 0.1) is 0 Å². The average molecular weight is 299 g/mol. The number of nitrogens with zero attached hydrogens (tertiary/aromatic N) is 1. The summed E-state index contributed by atoms with van der Waals surface area (Å²) in [7, 11) is 12.6. The quantitative estimate of drug-likeness (QED) is 0.653. The van der Waals surface area contributed by atoms with Gasteiger partial charge < -0.3 is 0 Å². The van der Waals surface area contributed by atoms with Crippen molar-refractivity contribution in [2.24, 2.45) is 0 Å². The summed E-state index contributed by atoms with van der Waals surface area (Å²) in [4.78, 5) is 0. The van der Waals surface area contributed by atoms with E-state index in [9.17, 15) is 0 Å². The molecule has 5 heteroatoms. The van der Waals surface area contributed by atoms with Crippen LogP contribution in [-0.4, -0.2) is 27.0 Å². The third kappa shape index (κ3) is 2.00. The minimum atomic E-state index is -2.30. The standard InChI is InChI=1S/C8H16BN.2ClH.Zr/c1-7-9-5-6-10(7)8(2,3)4;;;/h5-6H2,1-4H3;2*1H;/q;;;+3/p-2. The Labute approximate surface area is 97.1 Å². The van der Waals surface area contributed by atoms with E-state index in [1.165, 1.54) is 5.59 Å². The second-order valence-corrected chi connectivity index (χ2v) is 13.0. The first-order chi connectivity index (χ1) is 5.82. The van der Waals surface area contributed by atoms with Crippen molar-refractivity contribution in [3.8, 4) is 0 Å². The van der Waals surface area contributed by atoms with Crippen molar-refractivity contribution in [2.45, 2.75) is 39.6 Å². The fraction of sp³-hybridized carbons (Fsp3) is 0.875. The summed E-state index contributed by atoms with van der Waals surface area (Å²) in [6, 6.07) is 0. The zero-order chi connectivity index (χ0) is 10.3. The molecule has 0 saturated carbocycles. The third-order valence-corrected chi connectivity index (χ3v) is 10.8. The van der Waals surface area contributed by atoms with E-state index < -0.39 is 19.7 Å². The molecule has 1 heterocycles. The Morgan fingerprint density at radius 1 is 1.38 bits per heavy atom. The van der Waals surface area contributed by atoms with E-state index in [0.717, 1.165) is 15.3 Å². The summed E-state index contributed by atoms with van der Waals surface area (Å²) in [6.45, 7) is 12.3. The molecule has 0 saturated heterocycles. The molecule has 0 aromatic carbocycles. The molecule has 1 aliphatic rings. The van der Waals surface area contributed by atoms with E-state index in [1.54, 1.807) is 0 Å². The molecular formula is C8H16BCl2NZr+. The number of hydrogen-bond donors (Lipinski definition) is 0. The maximum absolute atomic E-state index is 6.31. The van der Waals surface area contributed by atoms with Crippen LogP contribution in [0.25, 0.3) is 0 Å². The summed E-state index contributed by atoms with van der Waals surface area (Å²) in [5, 5.41) is 0. The average Bonchev–Trinajstić information content (AvgIpc) is 2.29. The van der Waals surface area contributed by atoms with Gasteiger partial charge in [-0.25, -0.2) is 0 Å². The Balaban J connectivity index is 3.11. The van der Waals surface area contributed by atoms with Crippen LogP contribution in [0.1, 0.15) is 27.7 Å². The normalized spacial score (nSPS) is 28.3. The fourth-order valence-corrected chi connectivity index (χ4v) is 10.6. The summed E-state index contributed by atoms with van der Waals surface area (Å²) >= 11 is -2.30. The fourth-order valence-electron chi connectivity index (χ4n) is 2.14. The van der Waals surface area contributed by atoms with Crippen molar-refractivity contribution < 1.29 is 22.1 Å². The van der Waals surface area contributed by atoms with Gasteiger partial charge in [-0.05, 0) is 0 Å². The van der Waals surface area contributed by atoms with E-state index in [0.29, 0.717) is 0 Å². The predicted octanol–water partition coefficient (Wildman–Crippen LogP) is 2.73. The van der Waals surface area contributed by atoms with Gasteiger partial charge in [-0.15, -0.1) is 0 Å². The molecule has 13 heavy (non-hydrogen) atoms. The van der Waals surface area contributed by atoms with Crippen LogP contribution >= 0.6 is 17.0 Å². The Morgan fingerprint density at radius 3 is 2.08 bits per heavy atom. The third-order valence-electron chi connectivity index (χ3n) is 2.94. The molecule has 1 nitrogen and oxygen atoms in total. The minimum absolute atomic E-state index is 0.162. The molecular weight excluding hydrogens is 283 g/mol. The summed E-state index contributed by atoms with van der Waals surface area (Å²) < 4.78 is 0.901. The molecule has 0 spiro atoms. The molecule has 1 aliphatic heterocycles. The van der Waals surface area contributed by atoms with E-state index in [1.807, 2.05) is 0 Å². The van der Waals surface area contributed by atoms with E-state index in [-0.39, 0.29) is 5.54 Å². The van der Waals surface area contributed by atoms with Crippen LogP contribution in [0.15, 0.2) is 0 Å². The summed E-state index contributed by atoms with van der Waals surface area (Å²) in [6.07, 6.45) is 1.13. The number of halogens is 2. The van der Waals surface area contributed by atoms with Crippen LogP contribution in [0, 0.1) is 0 Å². The Morgan fingerprint density at radius 2 is 1.92 bits per heavy atom. The Bertz CT molecular complexity index is 237. The van der Waals surface area contributed by atoms with Crippen molar-refractivity contribution in [1.82, 2.24) is 0 Å². The molecule has 1 rings (SSSR count). The first-order valence-electron chi connectivity index (χ1n) is 4.56. The molecule has 1 unspecified atom stereocenters. The molecule has 73 valence electrons. The molecule has 0 fully saturated rings. The topological polar surface area (TPSA) is 0 Å². The number of quaternary nitrogens is 1. The molecule has 1 atom stereocenters. The van der Waals surface area contributed by atoms with Crippen molar-refractivity contribution in [1.29, 1.82) is 0 Å². The Kier molecular flexibility index (Phi) is 3.90. The van der Waals surface area contributed by atoms with Gasteiger partial charge in [0.25, 0.3) is 0 Å². The van der Waals surface area contributed by atoms with Gasteiger partial charge in [-0.3, -0.25) is 0 Å². The zero-order valence-corrected chi connectivity index (χ0v) is 12.7. The van der Waals surface area contributed by atoms with Gasteiger partial charge in [0.2, 0.25) is 0 Å². The summed E-state index contributed by atoms with van der Waals surface area (Å²) in [5.41, 5.74) is 1.54. The van der Waals surface area contributed by atoms with Crippen LogP contribution in [-0.2, 0) is 19.7 Å². The second kappa shape index (κ2) is 4.08. The number of rotatable bonds is 1. The zero-order valence-electron chi connectivity index (χ0n) is 8.69. The van der Waals surface area contributed by atoms with Crippen molar-refractivity contribution in [3.05, 3.63) is 0 Å². The van der Waals surface area contributed by atoms with Crippen molar-refractivity contribution in [2.75, 3.05) is 6.54 Å². The summed E-state index contributed by atoms with van der Waals surface area (Å²) in [5.74, 6) is 0. The van der Waals surface area contributed by atoms with Crippen LogP contribution in [0.4, 0.5) is 0 Å². The number of hydrogen-bond acceptors (Lipinski definition) is 0. The first-order valence-corrected chi connectivity index (χ1v) is 12.0. The van der Waals surface area contributed by atoms with Crippen molar-refractivity contribution in [3.63, 3.8) is 0 Å². The first kappa shape index (κ1) is 12.4. The molecule has 0 bridgehead atoms.